The summed E-state index contributed by atoms with van der Waals surface area (Å²) in [4.78, 5) is 53.4. The van der Waals surface area contributed by atoms with Gasteiger partial charge in [0.05, 0.1) is 24.3 Å². The number of esters is 1. The van der Waals surface area contributed by atoms with Gasteiger partial charge >= 0.3 is 12.0 Å². The number of nitrogens with one attached hydrogen (secondary N) is 1. The van der Waals surface area contributed by atoms with Gasteiger partial charge in [-0.05, 0) is 73.2 Å². The van der Waals surface area contributed by atoms with Gasteiger partial charge in [0.15, 0.2) is 0 Å². The first-order valence-electron chi connectivity index (χ1n) is 11.5. The number of anilines is 2. The van der Waals surface area contributed by atoms with Crippen LogP contribution in [0, 0.1) is 11.6 Å². The number of imide groups is 1. The third kappa shape index (κ3) is 5.80. The molecule has 1 atom stereocenters. The first kappa shape index (κ1) is 25.5. The van der Waals surface area contributed by atoms with Gasteiger partial charge in [-0.15, -0.1) is 0 Å². The van der Waals surface area contributed by atoms with E-state index in [1.807, 2.05) is 0 Å². The molecule has 37 heavy (non-hydrogen) atoms. The first-order chi connectivity index (χ1) is 17.8. The molecule has 0 saturated carbocycles. The summed E-state index contributed by atoms with van der Waals surface area (Å²) in [7, 11) is 0. The van der Waals surface area contributed by atoms with Crippen LogP contribution in [0.3, 0.4) is 0 Å². The predicted molar refractivity (Wildman–Crippen MR) is 131 cm³/mol. The van der Waals surface area contributed by atoms with Gasteiger partial charge in [0.2, 0.25) is 5.91 Å². The summed E-state index contributed by atoms with van der Waals surface area (Å²) in [5.74, 6) is -2.67. The molecule has 0 radical (unpaired) electrons. The molecule has 1 N–H and O–H groups in total. The number of carbonyl (C=O) groups excluding carboxylic acids is 4. The van der Waals surface area contributed by atoms with Crippen LogP contribution in [0.4, 0.5) is 25.0 Å². The number of hydrogen-bond acceptors (Lipinski definition) is 5. The van der Waals surface area contributed by atoms with Crippen molar-refractivity contribution in [2.45, 2.75) is 25.9 Å². The molecule has 0 aliphatic carbocycles. The summed E-state index contributed by atoms with van der Waals surface area (Å²) in [5, 5.41) is 2.66. The minimum atomic E-state index is -1.15. The van der Waals surface area contributed by atoms with Gasteiger partial charge in [0.25, 0.3) is 5.91 Å². The van der Waals surface area contributed by atoms with Crippen molar-refractivity contribution < 1.29 is 32.7 Å². The van der Waals surface area contributed by atoms with Crippen molar-refractivity contribution >= 4 is 35.2 Å². The minimum Gasteiger partial charge on any atom is -0.462 e. The van der Waals surface area contributed by atoms with Crippen LogP contribution in [0.15, 0.2) is 72.8 Å². The molecule has 1 fully saturated rings. The summed E-state index contributed by atoms with van der Waals surface area (Å²) in [6.45, 7) is 1.88. The van der Waals surface area contributed by atoms with Gasteiger partial charge in [0, 0.05) is 12.2 Å². The van der Waals surface area contributed by atoms with Crippen LogP contribution in [0.1, 0.15) is 29.3 Å². The topological polar surface area (TPSA) is 96.0 Å². The maximum absolute atomic E-state index is 13.4. The number of halogens is 2. The van der Waals surface area contributed by atoms with E-state index in [4.69, 9.17) is 4.74 Å². The molecule has 4 amide bonds. The van der Waals surface area contributed by atoms with Gasteiger partial charge < -0.3 is 15.0 Å². The number of benzene rings is 3. The van der Waals surface area contributed by atoms with Crippen molar-refractivity contribution in [3.05, 3.63) is 95.6 Å². The maximum Gasteiger partial charge on any atom is 0.338 e. The zero-order valence-corrected chi connectivity index (χ0v) is 19.8. The summed E-state index contributed by atoms with van der Waals surface area (Å²) < 4.78 is 31.7. The molecule has 3 aromatic rings. The molecule has 190 valence electrons. The van der Waals surface area contributed by atoms with E-state index < -0.39 is 41.5 Å². The Kier molecular flexibility index (Phi) is 7.57. The van der Waals surface area contributed by atoms with E-state index in [0.29, 0.717) is 16.8 Å². The van der Waals surface area contributed by atoms with Crippen molar-refractivity contribution in [3.8, 4) is 0 Å². The average Bonchev–Trinajstić information content (AvgIpc) is 3.10. The highest BCUT2D eigenvalue weighted by Gasteiger charge is 2.46. The molecule has 1 aliphatic heterocycles. The lowest BCUT2D eigenvalue weighted by atomic mass is 10.1. The second kappa shape index (κ2) is 11.0. The Morgan fingerprint density at radius 3 is 2.08 bits per heavy atom. The SMILES string of the molecule is CCOC(=O)c1ccc(NC(=O)C[C@@H]2C(=O)N(c3ccc(F)cc3)C(=O)N2Cc2ccc(F)cc2)cc1. The molecule has 4 rings (SSSR count). The Labute approximate surface area is 211 Å². The number of amides is 4. The molecule has 1 saturated heterocycles. The van der Waals surface area contributed by atoms with Gasteiger partial charge in [0.1, 0.15) is 17.7 Å². The lowest BCUT2D eigenvalue weighted by molar-refractivity contribution is -0.124. The maximum atomic E-state index is 13.4. The number of nitrogens with zero attached hydrogens (tertiary/aromatic N) is 2. The standard InChI is InChI=1S/C27H23F2N3O5/c1-2-37-26(35)18-5-11-21(12-6-18)30-24(33)15-23-25(34)32(22-13-9-20(29)10-14-22)27(36)31(23)16-17-3-7-19(28)8-4-17/h3-14,23H,2,15-16H2,1H3,(H,30,33)/t23-/m1/s1. The Hall–Kier alpha value is -4.60. The molecule has 3 aromatic carbocycles. The highest BCUT2D eigenvalue weighted by Crippen LogP contribution is 2.29. The Balaban J connectivity index is 1.54. The van der Waals surface area contributed by atoms with Crippen molar-refractivity contribution in [2.24, 2.45) is 0 Å². The third-order valence-electron chi connectivity index (χ3n) is 5.73. The fourth-order valence-corrected chi connectivity index (χ4v) is 3.92. The molecule has 1 heterocycles. The largest absolute Gasteiger partial charge is 0.462 e. The van der Waals surface area contributed by atoms with Crippen LogP contribution in [-0.2, 0) is 20.9 Å². The lowest BCUT2D eigenvalue weighted by Crippen LogP contribution is -2.37. The molecule has 0 aromatic heterocycles. The van der Waals surface area contributed by atoms with E-state index in [2.05, 4.69) is 5.32 Å². The summed E-state index contributed by atoms with van der Waals surface area (Å²) in [5.41, 5.74) is 1.42. The van der Waals surface area contributed by atoms with Gasteiger partial charge in [-0.1, -0.05) is 12.1 Å². The van der Waals surface area contributed by atoms with Crippen molar-refractivity contribution in [3.63, 3.8) is 0 Å². The second-order valence-electron chi connectivity index (χ2n) is 8.25. The van der Waals surface area contributed by atoms with E-state index >= 15 is 0 Å². The minimum absolute atomic E-state index is 0.0469. The van der Waals surface area contributed by atoms with Crippen LogP contribution in [-0.4, -0.2) is 41.4 Å². The van der Waals surface area contributed by atoms with Crippen LogP contribution >= 0.6 is 0 Å². The van der Waals surface area contributed by atoms with E-state index in [0.717, 1.165) is 17.0 Å². The number of ether oxygens (including phenoxy) is 1. The fraction of sp³-hybridized carbons (Fsp3) is 0.185. The number of hydrogen-bond donors (Lipinski definition) is 1. The fourth-order valence-electron chi connectivity index (χ4n) is 3.92. The molecular weight excluding hydrogens is 484 g/mol. The quantitative estimate of drug-likeness (QED) is 0.358. The summed E-state index contributed by atoms with van der Waals surface area (Å²) >= 11 is 0. The third-order valence-corrected chi connectivity index (χ3v) is 5.73. The van der Waals surface area contributed by atoms with E-state index in [-0.39, 0.29) is 25.3 Å². The lowest BCUT2D eigenvalue weighted by Gasteiger charge is -2.21. The van der Waals surface area contributed by atoms with E-state index in [9.17, 15) is 28.0 Å². The predicted octanol–water partition coefficient (Wildman–Crippen LogP) is 4.51. The average molecular weight is 507 g/mol. The Bertz CT molecular complexity index is 1310. The Morgan fingerprint density at radius 1 is 0.892 bits per heavy atom. The van der Waals surface area contributed by atoms with Crippen LogP contribution in [0.25, 0.3) is 0 Å². The zero-order valence-electron chi connectivity index (χ0n) is 19.8. The second-order valence-corrected chi connectivity index (χ2v) is 8.25. The number of urea groups is 1. The Morgan fingerprint density at radius 2 is 1.49 bits per heavy atom. The number of carbonyl (C=O) groups is 4. The van der Waals surface area contributed by atoms with Crippen molar-refractivity contribution in [2.75, 3.05) is 16.8 Å². The van der Waals surface area contributed by atoms with Crippen LogP contribution in [0.5, 0.6) is 0 Å². The molecule has 0 bridgehead atoms. The molecule has 1 aliphatic rings. The van der Waals surface area contributed by atoms with Crippen molar-refractivity contribution in [1.82, 2.24) is 4.90 Å². The normalized spacial score (nSPS) is 15.2. The van der Waals surface area contributed by atoms with E-state index in [1.165, 1.54) is 65.6 Å². The summed E-state index contributed by atoms with van der Waals surface area (Å²) in [6, 6.07) is 14.5. The summed E-state index contributed by atoms with van der Waals surface area (Å²) in [6.07, 6.45) is -0.358. The molecular formula is C27H23F2N3O5. The smallest absolute Gasteiger partial charge is 0.338 e. The van der Waals surface area contributed by atoms with Gasteiger partial charge in [-0.3, -0.25) is 9.59 Å². The monoisotopic (exact) mass is 507 g/mol. The number of rotatable bonds is 8. The van der Waals surface area contributed by atoms with Crippen LogP contribution < -0.4 is 10.2 Å². The molecule has 10 heteroatoms. The van der Waals surface area contributed by atoms with Gasteiger partial charge in [-0.25, -0.2) is 23.3 Å². The molecule has 0 spiro atoms. The first-order valence-corrected chi connectivity index (χ1v) is 11.5. The highest BCUT2D eigenvalue weighted by atomic mass is 19.1. The van der Waals surface area contributed by atoms with E-state index in [1.54, 1.807) is 6.92 Å². The van der Waals surface area contributed by atoms with Crippen LogP contribution in [0.2, 0.25) is 0 Å². The molecule has 0 unspecified atom stereocenters. The van der Waals surface area contributed by atoms with Gasteiger partial charge in [-0.2, -0.15) is 0 Å². The molecule has 8 nitrogen and oxygen atoms in total. The van der Waals surface area contributed by atoms with Crippen molar-refractivity contribution in [1.29, 1.82) is 0 Å². The zero-order chi connectivity index (χ0) is 26.5. The highest BCUT2D eigenvalue weighted by molar-refractivity contribution is 6.22.